The van der Waals surface area contributed by atoms with E-state index in [0.29, 0.717) is 0 Å². The molecule has 1 heterocycles. The van der Waals surface area contributed by atoms with E-state index in [2.05, 4.69) is 56.2 Å². The Kier molecular flexibility index (Phi) is 3.51. The van der Waals surface area contributed by atoms with Crippen molar-refractivity contribution in [3.05, 3.63) is 47.7 Å². The Morgan fingerprint density at radius 1 is 0.950 bits per heavy atom. The molecule has 0 saturated carbocycles. The van der Waals surface area contributed by atoms with Crippen LogP contribution in [0.3, 0.4) is 0 Å². The minimum Gasteiger partial charge on any atom is -0.256 e. The number of aryl methyl sites for hydroxylation is 1. The van der Waals surface area contributed by atoms with Crippen LogP contribution >= 0.6 is 0 Å². The molecule has 0 radical (unpaired) electrons. The van der Waals surface area contributed by atoms with Crippen molar-refractivity contribution in [1.82, 2.24) is 4.98 Å². The molecular weight excluding hydrogens is 258 g/mol. The van der Waals surface area contributed by atoms with Crippen LogP contribution in [0.15, 0.2) is 36.5 Å². The Morgan fingerprint density at radius 3 is 2.35 bits per heavy atom. The third-order valence-corrected chi connectivity index (χ3v) is 6.23. The first-order chi connectivity index (χ1) is 9.57. The minimum absolute atomic E-state index is 1.22. The van der Waals surface area contributed by atoms with Gasteiger partial charge in [0.25, 0.3) is 0 Å². The normalized spacial score (nSPS) is 14.9. The molecule has 1 aliphatic rings. The highest BCUT2D eigenvalue weighted by atomic mass is 28.3. The number of fused-ring (bicyclic) bond motifs is 1. The Balaban J connectivity index is 2.25. The molecule has 2 heteroatoms. The van der Waals surface area contributed by atoms with Gasteiger partial charge >= 0.3 is 0 Å². The van der Waals surface area contributed by atoms with E-state index >= 15 is 0 Å². The van der Waals surface area contributed by atoms with Crippen LogP contribution in [0.2, 0.25) is 19.6 Å². The van der Waals surface area contributed by atoms with Gasteiger partial charge in [-0.15, -0.1) is 0 Å². The molecule has 0 amide bonds. The highest BCUT2D eigenvalue weighted by Crippen LogP contribution is 2.26. The average molecular weight is 281 g/mol. The smallest absolute Gasteiger partial charge is 0.0808 e. The molecule has 0 unspecified atom stereocenters. The molecule has 0 bridgehead atoms. The largest absolute Gasteiger partial charge is 0.256 e. The summed E-state index contributed by atoms with van der Waals surface area (Å²) in [5, 5.41) is 1.60. The van der Waals surface area contributed by atoms with Crippen LogP contribution in [0.4, 0.5) is 0 Å². The van der Waals surface area contributed by atoms with Crippen molar-refractivity contribution in [2.24, 2.45) is 0 Å². The molecule has 0 saturated heterocycles. The zero-order valence-electron chi connectivity index (χ0n) is 12.7. The SMILES string of the molecule is C[Si](C)(C)c1c(-c2ccccc2)ncc2c1CCCC2. The number of hydrogen-bond acceptors (Lipinski definition) is 1. The number of aromatic nitrogens is 1. The summed E-state index contributed by atoms with van der Waals surface area (Å²) in [5.74, 6) is 0. The Bertz CT molecular complexity index is 611. The van der Waals surface area contributed by atoms with Gasteiger partial charge in [0.05, 0.1) is 13.8 Å². The highest BCUT2D eigenvalue weighted by molar-refractivity contribution is 6.90. The fourth-order valence-electron chi connectivity index (χ4n) is 3.33. The van der Waals surface area contributed by atoms with Crippen molar-refractivity contribution in [3.63, 3.8) is 0 Å². The lowest BCUT2D eigenvalue weighted by Crippen LogP contribution is -2.43. The van der Waals surface area contributed by atoms with Crippen molar-refractivity contribution in [2.45, 2.75) is 45.3 Å². The molecule has 1 nitrogen and oxygen atoms in total. The van der Waals surface area contributed by atoms with Gasteiger partial charge in [-0.1, -0.05) is 50.0 Å². The van der Waals surface area contributed by atoms with Crippen LogP contribution in [-0.2, 0) is 12.8 Å². The monoisotopic (exact) mass is 281 g/mol. The standard InChI is InChI=1S/C18H23NSi/c1-20(2,3)18-16-12-8-7-11-15(16)13-19-17(18)14-9-5-4-6-10-14/h4-6,9-10,13H,7-8,11-12H2,1-3H3. The van der Waals surface area contributed by atoms with E-state index in [1.807, 2.05) is 0 Å². The second-order valence-corrected chi connectivity index (χ2v) is 11.8. The van der Waals surface area contributed by atoms with Crippen molar-refractivity contribution >= 4 is 13.3 Å². The molecule has 1 aromatic heterocycles. The molecule has 1 aromatic carbocycles. The van der Waals surface area contributed by atoms with Crippen LogP contribution in [0.5, 0.6) is 0 Å². The number of nitrogens with zero attached hydrogens (tertiary/aromatic N) is 1. The molecule has 0 N–H and O–H groups in total. The first-order valence-corrected chi connectivity index (χ1v) is 11.1. The van der Waals surface area contributed by atoms with Crippen molar-refractivity contribution in [3.8, 4) is 11.3 Å². The lowest BCUT2D eigenvalue weighted by atomic mass is 9.92. The van der Waals surface area contributed by atoms with E-state index in [9.17, 15) is 0 Å². The minimum atomic E-state index is -1.40. The van der Waals surface area contributed by atoms with Gasteiger partial charge in [-0.3, -0.25) is 4.98 Å². The summed E-state index contributed by atoms with van der Waals surface area (Å²) in [6.07, 6.45) is 7.26. The fraction of sp³-hybridized carbons (Fsp3) is 0.389. The number of benzene rings is 1. The van der Waals surface area contributed by atoms with Crippen molar-refractivity contribution in [1.29, 1.82) is 0 Å². The molecule has 1 aliphatic carbocycles. The second-order valence-electron chi connectivity index (χ2n) is 6.81. The third-order valence-electron chi connectivity index (χ3n) is 4.20. The predicted octanol–water partition coefficient (Wildman–Crippen LogP) is 4.17. The summed E-state index contributed by atoms with van der Waals surface area (Å²) < 4.78 is 0. The van der Waals surface area contributed by atoms with E-state index in [4.69, 9.17) is 4.98 Å². The molecule has 104 valence electrons. The summed E-state index contributed by atoms with van der Waals surface area (Å²) in [4.78, 5) is 4.86. The van der Waals surface area contributed by atoms with Gasteiger partial charge in [0.15, 0.2) is 0 Å². The highest BCUT2D eigenvalue weighted by Gasteiger charge is 2.28. The summed E-state index contributed by atoms with van der Waals surface area (Å²) in [6.45, 7) is 7.35. The van der Waals surface area contributed by atoms with Crippen LogP contribution in [-0.4, -0.2) is 13.1 Å². The van der Waals surface area contributed by atoms with Gasteiger partial charge in [-0.2, -0.15) is 0 Å². The quantitative estimate of drug-likeness (QED) is 0.753. The lowest BCUT2D eigenvalue weighted by molar-refractivity contribution is 0.685. The van der Waals surface area contributed by atoms with Gasteiger partial charge in [0.2, 0.25) is 0 Å². The topological polar surface area (TPSA) is 12.9 Å². The maximum Gasteiger partial charge on any atom is 0.0808 e. The number of pyridine rings is 1. The van der Waals surface area contributed by atoms with Crippen LogP contribution in [0.1, 0.15) is 24.0 Å². The van der Waals surface area contributed by atoms with Gasteiger partial charge < -0.3 is 0 Å². The summed E-state index contributed by atoms with van der Waals surface area (Å²) in [5.41, 5.74) is 5.65. The third kappa shape index (κ3) is 2.45. The fourth-order valence-corrected chi connectivity index (χ4v) is 5.44. The Morgan fingerprint density at radius 2 is 1.65 bits per heavy atom. The number of hydrogen-bond donors (Lipinski definition) is 0. The Labute approximate surface area is 123 Å². The second kappa shape index (κ2) is 5.17. The summed E-state index contributed by atoms with van der Waals surface area (Å²) in [7, 11) is -1.40. The van der Waals surface area contributed by atoms with Crippen molar-refractivity contribution < 1.29 is 0 Å². The molecule has 0 aliphatic heterocycles. The van der Waals surface area contributed by atoms with Gasteiger partial charge in [-0.05, 0) is 47.6 Å². The van der Waals surface area contributed by atoms with Crippen LogP contribution in [0, 0.1) is 0 Å². The van der Waals surface area contributed by atoms with Gasteiger partial charge in [0.1, 0.15) is 0 Å². The summed E-state index contributed by atoms with van der Waals surface area (Å²) in [6, 6.07) is 10.7. The average Bonchev–Trinajstić information content (AvgIpc) is 2.46. The van der Waals surface area contributed by atoms with E-state index in [-0.39, 0.29) is 0 Å². The molecular formula is C18H23NSi. The zero-order valence-corrected chi connectivity index (χ0v) is 13.7. The first-order valence-electron chi connectivity index (χ1n) is 7.64. The van der Waals surface area contributed by atoms with Gasteiger partial charge in [0, 0.05) is 6.20 Å². The number of rotatable bonds is 2. The van der Waals surface area contributed by atoms with E-state index in [1.54, 1.807) is 10.8 Å². The first kappa shape index (κ1) is 13.6. The summed E-state index contributed by atoms with van der Waals surface area (Å²) >= 11 is 0. The molecule has 0 spiro atoms. The van der Waals surface area contributed by atoms with E-state index in [1.165, 1.54) is 42.5 Å². The van der Waals surface area contributed by atoms with E-state index < -0.39 is 8.07 Å². The zero-order chi connectivity index (χ0) is 14.2. The van der Waals surface area contributed by atoms with E-state index in [0.717, 1.165) is 0 Å². The molecule has 0 atom stereocenters. The molecule has 0 fully saturated rings. The molecule has 2 aromatic rings. The van der Waals surface area contributed by atoms with Crippen LogP contribution < -0.4 is 5.19 Å². The van der Waals surface area contributed by atoms with Crippen LogP contribution in [0.25, 0.3) is 11.3 Å². The Hall–Kier alpha value is -1.41. The predicted molar refractivity (Wildman–Crippen MR) is 89.3 cm³/mol. The molecule has 3 rings (SSSR count). The lowest BCUT2D eigenvalue weighted by Gasteiger charge is -2.28. The van der Waals surface area contributed by atoms with Gasteiger partial charge in [-0.25, -0.2) is 0 Å². The maximum absolute atomic E-state index is 4.86. The maximum atomic E-state index is 4.86. The van der Waals surface area contributed by atoms with Crippen molar-refractivity contribution in [2.75, 3.05) is 0 Å². The molecule has 20 heavy (non-hydrogen) atoms.